The van der Waals surface area contributed by atoms with Crippen LogP contribution >= 0.6 is 11.8 Å². The molecule has 0 amide bonds. The Labute approximate surface area is 124 Å². The van der Waals surface area contributed by atoms with Crippen LogP contribution in [0.4, 0.5) is 5.69 Å². The van der Waals surface area contributed by atoms with E-state index in [1.165, 1.54) is 10.5 Å². The van der Waals surface area contributed by atoms with Gasteiger partial charge in [-0.25, -0.2) is 0 Å². The summed E-state index contributed by atoms with van der Waals surface area (Å²) in [7, 11) is 0. The molecule has 2 aromatic carbocycles. The third kappa shape index (κ3) is 2.93. The van der Waals surface area contributed by atoms with Crippen molar-refractivity contribution in [1.29, 1.82) is 0 Å². The molecular weight excluding hydrogens is 266 g/mol. The van der Waals surface area contributed by atoms with E-state index >= 15 is 0 Å². The van der Waals surface area contributed by atoms with Crippen molar-refractivity contribution in [3.63, 3.8) is 0 Å². The highest BCUT2D eigenvalue weighted by molar-refractivity contribution is 7.99. The summed E-state index contributed by atoms with van der Waals surface area (Å²) in [6, 6.07) is 17.3. The van der Waals surface area contributed by atoms with Crippen LogP contribution in [0.3, 0.4) is 0 Å². The van der Waals surface area contributed by atoms with Crippen LogP contribution in [0.2, 0.25) is 0 Å². The van der Waals surface area contributed by atoms with E-state index in [9.17, 15) is 0 Å². The van der Waals surface area contributed by atoms with Crippen LogP contribution in [0.15, 0.2) is 53.4 Å². The van der Waals surface area contributed by atoms with Gasteiger partial charge in [-0.1, -0.05) is 25.1 Å². The number of thioether (sulfide) groups is 1. The first-order valence-corrected chi connectivity index (χ1v) is 8.06. The molecule has 1 atom stereocenters. The summed E-state index contributed by atoms with van der Waals surface area (Å²) >= 11 is 1.92. The molecule has 2 aromatic rings. The maximum Gasteiger partial charge on any atom is 0.119 e. The molecule has 20 heavy (non-hydrogen) atoms. The van der Waals surface area contributed by atoms with Crippen molar-refractivity contribution in [3.05, 3.63) is 54.1 Å². The molecule has 3 heteroatoms. The van der Waals surface area contributed by atoms with Gasteiger partial charge in [0, 0.05) is 16.3 Å². The second-order valence-electron chi connectivity index (χ2n) is 4.92. The molecule has 1 unspecified atom stereocenters. The molecule has 0 bridgehead atoms. The maximum absolute atomic E-state index is 5.60. The van der Waals surface area contributed by atoms with Crippen molar-refractivity contribution < 1.29 is 4.74 Å². The number of hydrogen-bond acceptors (Lipinski definition) is 3. The van der Waals surface area contributed by atoms with E-state index in [0.29, 0.717) is 6.04 Å². The molecule has 0 saturated heterocycles. The van der Waals surface area contributed by atoms with Gasteiger partial charge >= 0.3 is 0 Å². The van der Waals surface area contributed by atoms with Crippen molar-refractivity contribution in [3.8, 4) is 5.75 Å². The van der Waals surface area contributed by atoms with E-state index in [1.54, 1.807) is 0 Å². The van der Waals surface area contributed by atoms with Crippen molar-refractivity contribution in [1.82, 2.24) is 0 Å². The zero-order chi connectivity index (χ0) is 13.8. The molecule has 0 fully saturated rings. The summed E-state index contributed by atoms with van der Waals surface area (Å²) in [6.45, 7) is 2.89. The Kier molecular flexibility index (Phi) is 4.16. The van der Waals surface area contributed by atoms with Gasteiger partial charge in [0.2, 0.25) is 0 Å². The van der Waals surface area contributed by atoms with Crippen molar-refractivity contribution >= 4 is 17.4 Å². The number of ether oxygens (including phenoxy) is 1. The molecule has 104 valence electrons. The average Bonchev–Trinajstić information content (AvgIpc) is 2.90. The second-order valence-corrected chi connectivity index (χ2v) is 5.98. The quantitative estimate of drug-likeness (QED) is 0.857. The fraction of sp³-hybridized carbons (Fsp3) is 0.294. The van der Waals surface area contributed by atoms with Gasteiger partial charge in [-0.2, -0.15) is 0 Å². The molecule has 0 aromatic heterocycles. The standard InChI is InChI=1S/C17H19NOS/c1-2-11-19-14-9-7-13(8-10-14)18-16-12-20-17-6-4-3-5-15(16)17/h3-10,16,18H,2,11-12H2,1H3. The Morgan fingerprint density at radius 1 is 1.15 bits per heavy atom. The van der Waals surface area contributed by atoms with Gasteiger partial charge in [0.05, 0.1) is 12.6 Å². The van der Waals surface area contributed by atoms with Gasteiger partial charge in [-0.05, 0) is 42.3 Å². The molecule has 0 saturated carbocycles. The van der Waals surface area contributed by atoms with E-state index in [2.05, 4.69) is 48.6 Å². The lowest BCUT2D eigenvalue weighted by Crippen LogP contribution is -2.09. The lowest BCUT2D eigenvalue weighted by Gasteiger charge is -2.15. The first-order valence-electron chi connectivity index (χ1n) is 7.08. The number of anilines is 1. The highest BCUT2D eigenvalue weighted by Gasteiger charge is 2.22. The van der Waals surface area contributed by atoms with Crippen LogP contribution in [-0.2, 0) is 0 Å². The van der Waals surface area contributed by atoms with Gasteiger partial charge in [-0.15, -0.1) is 11.8 Å². The van der Waals surface area contributed by atoms with Gasteiger partial charge in [0.25, 0.3) is 0 Å². The third-order valence-electron chi connectivity index (χ3n) is 3.37. The summed E-state index contributed by atoms with van der Waals surface area (Å²) in [5.41, 5.74) is 2.56. The fourth-order valence-corrected chi connectivity index (χ4v) is 3.51. The fourth-order valence-electron chi connectivity index (χ4n) is 2.35. The summed E-state index contributed by atoms with van der Waals surface area (Å²) in [4.78, 5) is 1.40. The van der Waals surface area contributed by atoms with Crippen LogP contribution in [0.25, 0.3) is 0 Å². The maximum atomic E-state index is 5.60. The van der Waals surface area contributed by atoms with E-state index in [-0.39, 0.29) is 0 Å². The first kappa shape index (κ1) is 13.4. The van der Waals surface area contributed by atoms with Crippen LogP contribution < -0.4 is 10.1 Å². The number of rotatable bonds is 5. The minimum absolute atomic E-state index is 0.401. The SMILES string of the molecule is CCCOc1ccc(NC2CSc3ccccc32)cc1. The van der Waals surface area contributed by atoms with Gasteiger partial charge < -0.3 is 10.1 Å². The van der Waals surface area contributed by atoms with Crippen LogP contribution in [0, 0.1) is 0 Å². The Hall–Kier alpha value is -1.61. The Bertz CT molecular complexity index is 567. The summed E-state index contributed by atoms with van der Waals surface area (Å²) < 4.78 is 5.60. The van der Waals surface area contributed by atoms with Gasteiger partial charge in [0.1, 0.15) is 5.75 Å². The molecule has 0 aliphatic carbocycles. The number of fused-ring (bicyclic) bond motifs is 1. The zero-order valence-electron chi connectivity index (χ0n) is 11.6. The van der Waals surface area contributed by atoms with Crippen molar-refractivity contribution in [2.24, 2.45) is 0 Å². The number of nitrogens with one attached hydrogen (secondary N) is 1. The Morgan fingerprint density at radius 2 is 1.95 bits per heavy atom. The van der Waals surface area contributed by atoms with Crippen molar-refractivity contribution in [2.75, 3.05) is 17.7 Å². The molecule has 1 heterocycles. The van der Waals surface area contributed by atoms with E-state index in [1.807, 2.05) is 23.9 Å². The average molecular weight is 285 g/mol. The van der Waals surface area contributed by atoms with Crippen LogP contribution in [0.1, 0.15) is 24.9 Å². The Balaban J connectivity index is 1.67. The molecule has 1 N–H and O–H groups in total. The topological polar surface area (TPSA) is 21.3 Å². The minimum atomic E-state index is 0.401. The molecule has 1 aliphatic heterocycles. The largest absolute Gasteiger partial charge is 0.494 e. The number of hydrogen-bond donors (Lipinski definition) is 1. The highest BCUT2D eigenvalue weighted by atomic mass is 32.2. The molecule has 2 nitrogen and oxygen atoms in total. The molecule has 1 aliphatic rings. The predicted octanol–water partition coefficient (Wildman–Crippen LogP) is 4.73. The van der Waals surface area contributed by atoms with Gasteiger partial charge in [-0.3, -0.25) is 0 Å². The van der Waals surface area contributed by atoms with E-state index in [4.69, 9.17) is 4.74 Å². The smallest absolute Gasteiger partial charge is 0.119 e. The normalized spacial score (nSPS) is 16.8. The van der Waals surface area contributed by atoms with Crippen LogP contribution in [-0.4, -0.2) is 12.4 Å². The highest BCUT2D eigenvalue weighted by Crippen LogP contribution is 2.39. The number of benzene rings is 2. The van der Waals surface area contributed by atoms with Crippen molar-refractivity contribution in [2.45, 2.75) is 24.3 Å². The molecule has 3 rings (SSSR count). The zero-order valence-corrected chi connectivity index (χ0v) is 12.5. The van der Waals surface area contributed by atoms with Gasteiger partial charge in [0.15, 0.2) is 0 Å². The first-order chi connectivity index (χ1) is 9.86. The van der Waals surface area contributed by atoms with E-state index < -0.39 is 0 Å². The molecule has 0 radical (unpaired) electrons. The summed E-state index contributed by atoms with van der Waals surface area (Å²) in [5, 5.41) is 3.60. The summed E-state index contributed by atoms with van der Waals surface area (Å²) in [6.07, 6.45) is 1.04. The lowest BCUT2D eigenvalue weighted by atomic mass is 10.1. The van der Waals surface area contributed by atoms with E-state index in [0.717, 1.165) is 30.2 Å². The monoisotopic (exact) mass is 285 g/mol. The lowest BCUT2D eigenvalue weighted by molar-refractivity contribution is 0.317. The summed E-state index contributed by atoms with van der Waals surface area (Å²) in [5.74, 6) is 2.03. The minimum Gasteiger partial charge on any atom is -0.494 e. The third-order valence-corrected chi connectivity index (χ3v) is 4.55. The second kappa shape index (κ2) is 6.23. The predicted molar refractivity (Wildman–Crippen MR) is 85.8 cm³/mol. The molecular formula is C17H19NOS. The molecule has 0 spiro atoms. The Morgan fingerprint density at radius 3 is 2.75 bits per heavy atom. The van der Waals surface area contributed by atoms with Crippen LogP contribution in [0.5, 0.6) is 5.75 Å².